The van der Waals surface area contributed by atoms with E-state index in [0.29, 0.717) is 5.92 Å². The van der Waals surface area contributed by atoms with Crippen LogP contribution >= 0.6 is 11.3 Å². The average Bonchev–Trinajstić information content (AvgIpc) is 3.23. The second-order valence-corrected chi connectivity index (χ2v) is 9.40. The summed E-state index contributed by atoms with van der Waals surface area (Å²) in [5.74, 6) is -1.16. The van der Waals surface area contributed by atoms with Crippen molar-refractivity contribution in [2.24, 2.45) is 11.8 Å². The van der Waals surface area contributed by atoms with E-state index in [4.69, 9.17) is 19.4 Å². The van der Waals surface area contributed by atoms with E-state index in [1.807, 2.05) is 11.3 Å². The van der Waals surface area contributed by atoms with Crippen LogP contribution in [-0.2, 0) is 20.8 Å². The number of aliphatic carboxylic acids is 1. The number of piperidine rings is 1. The predicted octanol–water partition coefficient (Wildman–Crippen LogP) is 4.57. The summed E-state index contributed by atoms with van der Waals surface area (Å²) in [7, 11) is 0. The molecule has 3 heterocycles. The Morgan fingerprint density at radius 1 is 1.30 bits per heavy atom. The summed E-state index contributed by atoms with van der Waals surface area (Å²) in [5, 5.41) is 9.30. The Kier molecular flexibility index (Phi) is 8.17. The fourth-order valence-electron chi connectivity index (χ4n) is 4.22. The summed E-state index contributed by atoms with van der Waals surface area (Å²) < 4.78 is 43.9. The molecule has 1 spiro atoms. The van der Waals surface area contributed by atoms with E-state index in [2.05, 4.69) is 22.4 Å². The third-order valence-electron chi connectivity index (χ3n) is 6.17. The first-order chi connectivity index (χ1) is 14.3. The Balaban J connectivity index is 0.000000318. The molecular weight excluding hydrogens is 419 g/mol. The molecule has 0 amide bonds. The van der Waals surface area contributed by atoms with Crippen molar-refractivity contribution in [1.29, 1.82) is 0 Å². The number of hydrogen-bond donors (Lipinski definition) is 1. The number of rotatable bonds is 7. The lowest BCUT2D eigenvalue weighted by molar-refractivity contribution is -0.192. The average molecular weight is 450 g/mol. The van der Waals surface area contributed by atoms with Gasteiger partial charge in [-0.05, 0) is 61.8 Å². The molecule has 1 unspecified atom stereocenters. The zero-order chi connectivity index (χ0) is 21.6. The SMILES string of the molecule is O=C(O)C(F)(F)F.c1csc(CN2CCC3(CC2)OCCC3CCOCC2CC2)c1. The minimum absolute atomic E-state index is 0.162. The molecule has 30 heavy (non-hydrogen) atoms. The third-order valence-corrected chi connectivity index (χ3v) is 7.03. The molecule has 1 N–H and O–H groups in total. The molecule has 3 fully saturated rings. The van der Waals surface area contributed by atoms with Crippen LogP contribution in [0.25, 0.3) is 0 Å². The highest BCUT2D eigenvalue weighted by atomic mass is 32.1. The van der Waals surface area contributed by atoms with E-state index in [9.17, 15) is 13.2 Å². The number of carboxylic acid groups (broad SMARTS) is 1. The molecule has 9 heteroatoms. The molecule has 2 saturated heterocycles. The molecule has 0 radical (unpaired) electrons. The fraction of sp³-hybridized carbons (Fsp3) is 0.762. The lowest BCUT2D eigenvalue weighted by Gasteiger charge is -2.42. The van der Waals surface area contributed by atoms with Gasteiger partial charge in [0, 0.05) is 44.3 Å². The molecule has 170 valence electrons. The Morgan fingerprint density at radius 2 is 2.00 bits per heavy atom. The molecule has 1 saturated carbocycles. The number of carboxylic acids is 1. The quantitative estimate of drug-likeness (QED) is 0.618. The van der Waals surface area contributed by atoms with Crippen molar-refractivity contribution in [2.75, 3.05) is 32.9 Å². The maximum Gasteiger partial charge on any atom is 0.490 e. The van der Waals surface area contributed by atoms with Crippen LogP contribution < -0.4 is 0 Å². The van der Waals surface area contributed by atoms with Gasteiger partial charge in [0.25, 0.3) is 0 Å². The lowest BCUT2D eigenvalue weighted by Crippen LogP contribution is -2.47. The van der Waals surface area contributed by atoms with Gasteiger partial charge in [-0.15, -0.1) is 11.3 Å². The number of nitrogens with zero attached hydrogens (tertiary/aromatic N) is 1. The highest BCUT2D eigenvalue weighted by Crippen LogP contribution is 2.42. The van der Waals surface area contributed by atoms with Gasteiger partial charge < -0.3 is 14.6 Å². The zero-order valence-corrected chi connectivity index (χ0v) is 17.8. The van der Waals surface area contributed by atoms with Crippen LogP contribution in [0, 0.1) is 11.8 Å². The van der Waals surface area contributed by atoms with Crippen LogP contribution in [0.4, 0.5) is 13.2 Å². The van der Waals surface area contributed by atoms with Crippen molar-refractivity contribution < 1.29 is 32.5 Å². The van der Waals surface area contributed by atoms with Crippen LogP contribution in [0.3, 0.4) is 0 Å². The second-order valence-electron chi connectivity index (χ2n) is 8.36. The minimum atomic E-state index is -5.08. The van der Waals surface area contributed by atoms with Crippen LogP contribution in [0.1, 0.15) is 43.4 Å². The molecule has 2 aliphatic heterocycles. The molecule has 1 aromatic heterocycles. The first-order valence-corrected chi connectivity index (χ1v) is 11.4. The maximum atomic E-state index is 10.6. The molecule has 3 aliphatic rings. The van der Waals surface area contributed by atoms with Gasteiger partial charge in [-0.1, -0.05) is 6.07 Å². The third kappa shape index (κ3) is 6.93. The van der Waals surface area contributed by atoms with Crippen LogP contribution in [-0.4, -0.2) is 60.7 Å². The summed E-state index contributed by atoms with van der Waals surface area (Å²) >= 11 is 1.87. The van der Waals surface area contributed by atoms with Crippen molar-refractivity contribution in [2.45, 2.75) is 56.8 Å². The smallest absolute Gasteiger partial charge is 0.475 e. The van der Waals surface area contributed by atoms with Crippen LogP contribution in [0.15, 0.2) is 17.5 Å². The molecule has 1 aromatic rings. The van der Waals surface area contributed by atoms with Crippen LogP contribution in [0.5, 0.6) is 0 Å². The highest BCUT2D eigenvalue weighted by molar-refractivity contribution is 7.09. The minimum Gasteiger partial charge on any atom is -0.475 e. The van der Waals surface area contributed by atoms with Crippen LogP contribution in [0.2, 0.25) is 0 Å². The summed E-state index contributed by atoms with van der Waals surface area (Å²) in [6, 6.07) is 4.41. The van der Waals surface area contributed by atoms with E-state index in [1.54, 1.807) is 0 Å². The Bertz CT molecular complexity index is 656. The van der Waals surface area contributed by atoms with Gasteiger partial charge in [0.05, 0.1) is 5.60 Å². The molecule has 1 atom stereocenters. The van der Waals surface area contributed by atoms with E-state index < -0.39 is 12.1 Å². The summed E-state index contributed by atoms with van der Waals surface area (Å²) in [6.07, 6.45) is 2.51. The summed E-state index contributed by atoms with van der Waals surface area (Å²) in [6.45, 7) is 6.36. The van der Waals surface area contributed by atoms with Gasteiger partial charge in [-0.2, -0.15) is 13.2 Å². The van der Waals surface area contributed by atoms with Gasteiger partial charge in [0.15, 0.2) is 0 Å². The Labute approximate surface area is 179 Å². The Morgan fingerprint density at radius 3 is 2.57 bits per heavy atom. The van der Waals surface area contributed by atoms with E-state index in [1.165, 1.54) is 56.5 Å². The number of halogens is 3. The number of likely N-dealkylation sites (tertiary alicyclic amines) is 1. The number of alkyl halides is 3. The largest absolute Gasteiger partial charge is 0.490 e. The normalized spacial score (nSPS) is 23.9. The molecule has 5 nitrogen and oxygen atoms in total. The first-order valence-electron chi connectivity index (χ1n) is 10.5. The van der Waals surface area contributed by atoms with Crippen molar-refractivity contribution in [3.63, 3.8) is 0 Å². The van der Waals surface area contributed by atoms with E-state index >= 15 is 0 Å². The van der Waals surface area contributed by atoms with Crippen molar-refractivity contribution in [3.05, 3.63) is 22.4 Å². The number of ether oxygens (including phenoxy) is 2. The van der Waals surface area contributed by atoms with Gasteiger partial charge in [-0.25, -0.2) is 4.79 Å². The van der Waals surface area contributed by atoms with Gasteiger partial charge in [0.1, 0.15) is 0 Å². The van der Waals surface area contributed by atoms with E-state index in [-0.39, 0.29) is 5.60 Å². The zero-order valence-electron chi connectivity index (χ0n) is 17.0. The molecule has 1 aliphatic carbocycles. The van der Waals surface area contributed by atoms with E-state index in [0.717, 1.165) is 32.3 Å². The molecular formula is C21H30F3NO4S. The first kappa shape index (κ1) is 23.5. The Hall–Kier alpha value is -1.16. The lowest BCUT2D eigenvalue weighted by atomic mass is 9.78. The number of hydrogen-bond acceptors (Lipinski definition) is 5. The molecule has 0 aromatic carbocycles. The van der Waals surface area contributed by atoms with Crippen molar-refractivity contribution in [1.82, 2.24) is 4.90 Å². The number of carbonyl (C=O) groups is 1. The van der Waals surface area contributed by atoms with Crippen molar-refractivity contribution >= 4 is 17.3 Å². The fourth-order valence-corrected chi connectivity index (χ4v) is 4.96. The second kappa shape index (κ2) is 10.4. The van der Waals surface area contributed by atoms with Crippen molar-refractivity contribution in [3.8, 4) is 0 Å². The monoisotopic (exact) mass is 449 g/mol. The van der Waals surface area contributed by atoms with Gasteiger partial charge in [0.2, 0.25) is 0 Å². The summed E-state index contributed by atoms with van der Waals surface area (Å²) in [5.41, 5.74) is 0.162. The van der Waals surface area contributed by atoms with Gasteiger partial charge in [-0.3, -0.25) is 4.90 Å². The maximum absolute atomic E-state index is 10.6. The highest BCUT2D eigenvalue weighted by Gasteiger charge is 2.45. The van der Waals surface area contributed by atoms with Gasteiger partial charge >= 0.3 is 12.1 Å². The standard InChI is InChI=1S/C19H29NO2S.C2HF3O2/c1-2-18(23-13-1)14-20-9-7-19(8-10-20)17(6-12-22-19)5-11-21-15-16-3-4-16;3-2(4,5)1(6)7/h1-2,13,16-17H,3-12,14-15H2;(H,6,7). The predicted molar refractivity (Wildman–Crippen MR) is 107 cm³/mol. The molecule has 0 bridgehead atoms. The summed E-state index contributed by atoms with van der Waals surface area (Å²) in [4.78, 5) is 13.0. The topological polar surface area (TPSA) is 59.0 Å². The molecule has 4 rings (SSSR count). The number of thiophene rings is 1.